The highest BCUT2D eigenvalue weighted by Gasteiger charge is 2.19. The lowest BCUT2D eigenvalue weighted by molar-refractivity contribution is 0.415. The van der Waals surface area contributed by atoms with E-state index >= 15 is 0 Å². The Balaban J connectivity index is 1.84. The smallest absolute Gasteiger partial charge is 0.118 e. The fraction of sp³-hybridized carbons (Fsp3) is 0.0968. The molecule has 3 nitrogen and oxygen atoms in total. The molecule has 0 aliphatic carbocycles. The van der Waals surface area contributed by atoms with Crippen molar-refractivity contribution < 1.29 is 4.74 Å². The third-order valence-electron chi connectivity index (χ3n) is 6.01. The zero-order chi connectivity index (χ0) is 23.5. The van der Waals surface area contributed by atoms with Crippen molar-refractivity contribution in [1.29, 1.82) is 0 Å². The predicted octanol–water partition coefficient (Wildman–Crippen LogP) is 7.77. The van der Waals surface area contributed by atoms with Crippen molar-refractivity contribution in [3.8, 4) is 50.6 Å². The van der Waals surface area contributed by atoms with Crippen LogP contribution < -0.4 is 4.74 Å². The fourth-order valence-electron chi connectivity index (χ4n) is 4.11. The van der Waals surface area contributed by atoms with E-state index in [1.54, 1.807) is 7.11 Å². The van der Waals surface area contributed by atoms with Crippen molar-refractivity contribution in [3.63, 3.8) is 0 Å². The summed E-state index contributed by atoms with van der Waals surface area (Å²) in [4.78, 5) is 9.93. The normalized spacial score (nSPS) is 10.8. The maximum absolute atomic E-state index is 5.40. The molecule has 0 bridgehead atoms. The minimum atomic E-state index is 0.828. The van der Waals surface area contributed by atoms with Crippen LogP contribution in [0.4, 0.5) is 0 Å². The number of benzene rings is 3. The van der Waals surface area contributed by atoms with Gasteiger partial charge in [0.25, 0.3) is 0 Å². The standard InChI is InChI=1S/C31H26N2O/c1-21-7-11-24(12-8-21)29-20-27(23-15-17-26(34-3)18-16-23)30(28-6-4-5-19-32-28)31(33-29)25-13-9-22(2)10-14-25/h4-20H,1-3H3. The van der Waals surface area contributed by atoms with E-state index in [1.807, 2.05) is 36.5 Å². The summed E-state index contributed by atoms with van der Waals surface area (Å²) in [6, 6.07) is 33.4. The summed E-state index contributed by atoms with van der Waals surface area (Å²) in [5.74, 6) is 0.828. The number of aromatic nitrogens is 2. The Labute approximate surface area is 200 Å². The van der Waals surface area contributed by atoms with E-state index in [0.717, 1.165) is 50.6 Å². The van der Waals surface area contributed by atoms with Crippen LogP contribution in [-0.2, 0) is 0 Å². The van der Waals surface area contributed by atoms with E-state index in [2.05, 4.69) is 80.6 Å². The zero-order valence-corrected chi connectivity index (χ0v) is 19.6. The summed E-state index contributed by atoms with van der Waals surface area (Å²) in [5.41, 5.74) is 10.5. The van der Waals surface area contributed by atoms with Gasteiger partial charge in [0.15, 0.2) is 0 Å². The Bertz CT molecular complexity index is 1410. The summed E-state index contributed by atoms with van der Waals surface area (Å²) in [5, 5.41) is 0. The van der Waals surface area contributed by atoms with Crippen molar-refractivity contribution in [2.24, 2.45) is 0 Å². The van der Waals surface area contributed by atoms with Gasteiger partial charge in [0.05, 0.1) is 24.2 Å². The second kappa shape index (κ2) is 9.32. The molecule has 0 saturated carbocycles. The summed E-state index contributed by atoms with van der Waals surface area (Å²) < 4.78 is 5.40. The number of pyridine rings is 2. The Morgan fingerprint density at radius 1 is 0.618 bits per heavy atom. The van der Waals surface area contributed by atoms with Gasteiger partial charge in [0.2, 0.25) is 0 Å². The van der Waals surface area contributed by atoms with E-state index < -0.39 is 0 Å². The minimum Gasteiger partial charge on any atom is -0.497 e. The molecule has 3 aromatic carbocycles. The minimum absolute atomic E-state index is 0.828. The van der Waals surface area contributed by atoms with E-state index in [4.69, 9.17) is 14.7 Å². The topological polar surface area (TPSA) is 35.0 Å². The summed E-state index contributed by atoms with van der Waals surface area (Å²) in [7, 11) is 1.69. The SMILES string of the molecule is COc1ccc(-c2cc(-c3ccc(C)cc3)nc(-c3ccc(C)cc3)c2-c2ccccn2)cc1. The molecule has 0 radical (unpaired) electrons. The summed E-state index contributed by atoms with van der Waals surface area (Å²) >= 11 is 0. The van der Waals surface area contributed by atoms with Gasteiger partial charge in [-0.15, -0.1) is 0 Å². The first-order valence-electron chi connectivity index (χ1n) is 11.4. The quantitative estimate of drug-likeness (QED) is 0.279. The van der Waals surface area contributed by atoms with E-state index in [0.29, 0.717) is 0 Å². The van der Waals surface area contributed by atoms with Gasteiger partial charge in [0.1, 0.15) is 5.75 Å². The van der Waals surface area contributed by atoms with Gasteiger partial charge in [-0.2, -0.15) is 0 Å². The highest BCUT2D eigenvalue weighted by Crippen LogP contribution is 2.41. The first-order valence-corrected chi connectivity index (χ1v) is 11.4. The molecule has 2 aromatic heterocycles. The van der Waals surface area contributed by atoms with Gasteiger partial charge < -0.3 is 4.74 Å². The number of methoxy groups -OCH3 is 1. The van der Waals surface area contributed by atoms with Gasteiger partial charge in [-0.05, 0) is 55.3 Å². The second-order valence-corrected chi connectivity index (χ2v) is 8.45. The van der Waals surface area contributed by atoms with Crippen LogP contribution >= 0.6 is 0 Å². The van der Waals surface area contributed by atoms with Gasteiger partial charge in [0, 0.05) is 22.9 Å². The molecule has 0 spiro atoms. The molecule has 0 unspecified atom stereocenters. The van der Waals surface area contributed by atoms with Crippen molar-refractivity contribution in [2.45, 2.75) is 13.8 Å². The summed E-state index contributed by atoms with van der Waals surface area (Å²) in [6.45, 7) is 4.20. The lowest BCUT2D eigenvalue weighted by atomic mass is 9.91. The first kappa shape index (κ1) is 21.6. The van der Waals surface area contributed by atoms with Crippen molar-refractivity contribution in [1.82, 2.24) is 9.97 Å². The van der Waals surface area contributed by atoms with E-state index in [9.17, 15) is 0 Å². The molecule has 0 aliphatic heterocycles. The highest BCUT2D eigenvalue weighted by atomic mass is 16.5. The van der Waals surface area contributed by atoms with Gasteiger partial charge >= 0.3 is 0 Å². The van der Waals surface area contributed by atoms with Crippen LogP contribution in [-0.4, -0.2) is 17.1 Å². The Kier molecular flexibility index (Phi) is 5.92. The number of hydrogen-bond donors (Lipinski definition) is 0. The average Bonchev–Trinajstić information content (AvgIpc) is 2.89. The lowest BCUT2D eigenvalue weighted by Gasteiger charge is -2.18. The molecular weight excluding hydrogens is 416 g/mol. The average molecular weight is 443 g/mol. The van der Waals surface area contributed by atoms with Crippen molar-refractivity contribution >= 4 is 0 Å². The Hall–Kier alpha value is -4.24. The Morgan fingerprint density at radius 2 is 1.24 bits per heavy atom. The molecule has 166 valence electrons. The van der Waals surface area contributed by atoms with Crippen LogP contribution in [0.2, 0.25) is 0 Å². The van der Waals surface area contributed by atoms with Crippen LogP contribution in [0.15, 0.2) is 103 Å². The number of rotatable bonds is 5. The maximum Gasteiger partial charge on any atom is 0.118 e. The number of hydrogen-bond acceptors (Lipinski definition) is 3. The monoisotopic (exact) mass is 442 g/mol. The van der Waals surface area contributed by atoms with E-state index in [1.165, 1.54) is 11.1 Å². The summed E-state index contributed by atoms with van der Waals surface area (Å²) in [6.07, 6.45) is 1.83. The van der Waals surface area contributed by atoms with Crippen LogP contribution in [0.1, 0.15) is 11.1 Å². The van der Waals surface area contributed by atoms with Gasteiger partial charge in [-0.1, -0.05) is 77.9 Å². The molecule has 34 heavy (non-hydrogen) atoms. The van der Waals surface area contributed by atoms with E-state index in [-0.39, 0.29) is 0 Å². The zero-order valence-electron chi connectivity index (χ0n) is 19.6. The molecule has 0 saturated heterocycles. The molecule has 3 heteroatoms. The molecule has 5 aromatic rings. The largest absolute Gasteiger partial charge is 0.497 e. The molecule has 5 rings (SSSR count). The predicted molar refractivity (Wildman–Crippen MR) is 140 cm³/mol. The second-order valence-electron chi connectivity index (χ2n) is 8.45. The maximum atomic E-state index is 5.40. The van der Waals surface area contributed by atoms with Crippen LogP contribution in [0.25, 0.3) is 44.9 Å². The van der Waals surface area contributed by atoms with Crippen LogP contribution in [0.3, 0.4) is 0 Å². The van der Waals surface area contributed by atoms with Crippen LogP contribution in [0.5, 0.6) is 5.75 Å². The fourth-order valence-corrected chi connectivity index (χ4v) is 4.11. The third-order valence-corrected chi connectivity index (χ3v) is 6.01. The number of aryl methyl sites for hydroxylation is 2. The highest BCUT2D eigenvalue weighted by molar-refractivity contribution is 5.93. The number of ether oxygens (including phenoxy) is 1. The van der Waals surface area contributed by atoms with Crippen molar-refractivity contribution in [3.05, 3.63) is 114 Å². The lowest BCUT2D eigenvalue weighted by Crippen LogP contribution is -1.98. The number of nitrogens with zero attached hydrogens (tertiary/aromatic N) is 2. The molecular formula is C31H26N2O. The molecule has 0 aliphatic rings. The third kappa shape index (κ3) is 4.33. The van der Waals surface area contributed by atoms with Crippen LogP contribution in [0, 0.1) is 13.8 Å². The molecule has 2 heterocycles. The Morgan fingerprint density at radius 3 is 1.82 bits per heavy atom. The molecule has 0 N–H and O–H groups in total. The first-order chi connectivity index (χ1) is 16.6. The molecule has 0 atom stereocenters. The van der Waals surface area contributed by atoms with Gasteiger partial charge in [-0.25, -0.2) is 4.98 Å². The molecule has 0 amide bonds. The van der Waals surface area contributed by atoms with Gasteiger partial charge in [-0.3, -0.25) is 4.98 Å². The van der Waals surface area contributed by atoms with Crippen molar-refractivity contribution in [2.75, 3.05) is 7.11 Å². The molecule has 0 fully saturated rings.